The minimum absolute atomic E-state index is 0.881. The molecule has 1 radical (unpaired) electrons. The van der Waals surface area contributed by atoms with Gasteiger partial charge in [0.15, 0.2) is 0 Å². The zero-order valence-corrected chi connectivity index (χ0v) is 6.65. The van der Waals surface area contributed by atoms with Crippen LogP contribution in [0.5, 0.6) is 0 Å². The summed E-state index contributed by atoms with van der Waals surface area (Å²) in [4.78, 5) is 0. The Morgan fingerprint density at radius 1 is 1.67 bits per heavy atom. The van der Waals surface area contributed by atoms with Crippen LogP contribution in [-0.4, -0.2) is 0 Å². The molecule has 0 saturated heterocycles. The Balaban J connectivity index is 2.69. The Bertz CT molecular complexity index is 181. The van der Waals surface area contributed by atoms with Crippen molar-refractivity contribution in [2.24, 2.45) is 0 Å². The molecular formula is C7H8BrO. The molecule has 1 aromatic rings. The maximum absolute atomic E-state index is 5.12. The van der Waals surface area contributed by atoms with Crippen LogP contribution in [-0.2, 0) is 6.42 Å². The highest BCUT2D eigenvalue weighted by Crippen LogP contribution is 2.18. The van der Waals surface area contributed by atoms with Gasteiger partial charge in [0, 0.05) is 6.42 Å². The second kappa shape index (κ2) is 3.06. The molecule has 0 aliphatic carbocycles. The van der Waals surface area contributed by atoms with Gasteiger partial charge in [-0.15, -0.1) is 0 Å². The fourth-order valence-corrected chi connectivity index (χ4v) is 1.06. The second-order valence-corrected chi connectivity index (χ2v) is 2.65. The van der Waals surface area contributed by atoms with Gasteiger partial charge in [-0.25, -0.2) is 0 Å². The minimum Gasteiger partial charge on any atom is -0.468 e. The minimum atomic E-state index is 0.881. The normalized spacial score (nSPS) is 10.0. The van der Waals surface area contributed by atoms with Crippen molar-refractivity contribution < 1.29 is 4.42 Å². The lowest BCUT2D eigenvalue weighted by molar-refractivity contribution is 0.507. The second-order valence-electron chi connectivity index (χ2n) is 1.80. The van der Waals surface area contributed by atoms with Crippen molar-refractivity contribution in [3.05, 3.63) is 29.5 Å². The van der Waals surface area contributed by atoms with Crippen molar-refractivity contribution in [3.63, 3.8) is 0 Å². The number of hydrogen-bond acceptors (Lipinski definition) is 1. The molecule has 1 heterocycles. The molecule has 0 N–H and O–H groups in total. The van der Waals surface area contributed by atoms with Crippen molar-refractivity contribution in [2.45, 2.75) is 12.8 Å². The van der Waals surface area contributed by atoms with E-state index in [0.29, 0.717) is 0 Å². The first-order chi connectivity index (χ1) is 4.34. The third-order valence-electron chi connectivity index (χ3n) is 1.09. The van der Waals surface area contributed by atoms with Crippen LogP contribution in [0.2, 0.25) is 0 Å². The summed E-state index contributed by atoms with van der Waals surface area (Å²) in [5.41, 5.74) is 0. The van der Waals surface area contributed by atoms with Gasteiger partial charge in [0.2, 0.25) is 0 Å². The Hall–Kier alpha value is -0.240. The molecule has 0 aliphatic heterocycles. The van der Waals surface area contributed by atoms with E-state index >= 15 is 0 Å². The zero-order valence-electron chi connectivity index (χ0n) is 5.06. The van der Waals surface area contributed by atoms with Gasteiger partial charge >= 0.3 is 0 Å². The predicted molar refractivity (Wildman–Crippen MR) is 40.1 cm³/mol. The van der Waals surface area contributed by atoms with Crippen molar-refractivity contribution in [3.8, 4) is 0 Å². The van der Waals surface area contributed by atoms with Gasteiger partial charge < -0.3 is 4.42 Å². The van der Waals surface area contributed by atoms with Gasteiger partial charge in [-0.3, -0.25) is 0 Å². The summed E-state index contributed by atoms with van der Waals surface area (Å²) in [5, 5.41) is 0. The van der Waals surface area contributed by atoms with Crippen LogP contribution in [0.15, 0.2) is 21.2 Å². The molecule has 0 spiro atoms. The number of aryl methyl sites for hydroxylation is 1. The maximum atomic E-state index is 5.12. The smallest absolute Gasteiger partial charge is 0.117 e. The quantitative estimate of drug-likeness (QED) is 0.695. The first-order valence-electron chi connectivity index (χ1n) is 2.85. The molecule has 0 amide bonds. The lowest BCUT2D eigenvalue weighted by atomic mass is 10.3. The topological polar surface area (TPSA) is 13.1 Å². The van der Waals surface area contributed by atoms with E-state index in [9.17, 15) is 0 Å². The fourth-order valence-electron chi connectivity index (χ4n) is 0.664. The monoisotopic (exact) mass is 187 g/mol. The Labute approximate surface area is 63.2 Å². The van der Waals surface area contributed by atoms with E-state index < -0.39 is 0 Å². The van der Waals surface area contributed by atoms with Crippen molar-refractivity contribution >= 4 is 15.9 Å². The zero-order chi connectivity index (χ0) is 6.69. The molecule has 49 valence electrons. The van der Waals surface area contributed by atoms with Crippen molar-refractivity contribution in [2.75, 3.05) is 0 Å². The van der Waals surface area contributed by atoms with Crippen LogP contribution in [0.4, 0.5) is 0 Å². The van der Waals surface area contributed by atoms with Gasteiger partial charge in [-0.1, -0.05) is 6.92 Å². The van der Waals surface area contributed by atoms with E-state index in [2.05, 4.69) is 22.9 Å². The lowest BCUT2D eigenvalue weighted by Gasteiger charge is -1.89. The van der Waals surface area contributed by atoms with E-state index in [4.69, 9.17) is 4.42 Å². The van der Waals surface area contributed by atoms with E-state index in [-0.39, 0.29) is 0 Å². The van der Waals surface area contributed by atoms with E-state index in [1.807, 2.05) is 6.07 Å². The summed E-state index contributed by atoms with van der Waals surface area (Å²) < 4.78 is 6.17. The van der Waals surface area contributed by atoms with Crippen molar-refractivity contribution in [1.29, 1.82) is 0 Å². The standard InChI is InChI=1S/C7H8BrO/c1-2-3-7-6(8)4-5-9-7/h4-5H,1-3H2. The van der Waals surface area contributed by atoms with Crippen LogP contribution >= 0.6 is 15.9 Å². The summed E-state index contributed by atoms with van der Waals surface area (Å²) in [7, 11) is 0. The molecule has 1 nitrogen and oxygen atoms in total. The van der Waals surface area contributed by atoms with Gasteiger partial charge in [0.25, 0.3) is 0 Å². The van der Waals surface area contributed by atoms with Crippen LogP contribution in [0, 0.1) is 6.92 Å². The van der Waals surface area contributed by atoms with Gasteiger partial charge in [-0.2, -0.15) is 0 Å². The average Bonchev–Trinajstić information content (AvgIpc) is 2.18. The Kier molecular flexibility index (Phi) is 2.34. The van der Waals surface area contributed by atoms with Crippen molar-refractivity contribution in [1.82, 2.24) is 0 Å². The summed E-state index contributed by atoms with van der Waals surface area (Å²) in [6.45, 7) is 3.72. The molecular weight excluding hydrogens is 180 g/mol. The molecule has 1 aromatic heterocycles. The molecule has 0 saturated carbocycles. The first-order valence-corrected chi connectivity index (χ1v) is 3.65. The van der Waals surface area contributed by atoms with Gasteiger partial charge in [-0.05, 0) is 28.4 Å². The summed E-state index contributed by atoms with van der Waals surface area (Å²) in [6.07, 6.45) is 3.47. The summed E-state index contributed by atoms with van der Waals surface area (Å²) >= 11 is 3.35. The molecule has 0 atom stereocenters. The largest absolute Gasteiger partial charge is 0.468 e. The van der Waals surface area contributed by atoms with Crippen LogP contribution in [0.1, 0.15) is 12.2 Å². The average molecular weight is 188 g/mol. The molecule has 0 bridgehead atoms. The Morgan fingerprint density at radius 2 is 2.44 bits per heavy atom. The number of halogens is 1. The van der Waals surface area contributed by atoms with Crippen LogP contribution in [0.3, 0.4) is 0 Å². The number of hydrogen-bond donors (Lipinski definition) is 0. The molecule has 0 unspecified atom stereocenters. The highest BCUT2D eigenvalue weighted by Gasteiger charge is 1.99. The van der Waals surface area contributed by atoms with Gasteiger partial charge in [0.05, 0.1) is 10.7 Å². The van der Waals surface area contributed by atoms with E-state index in [0.717, 1.165) is 23.1 Å². The highest BCUT2D eigenvalue weighted by molar-refractivity contribution is 9.10. The van der Waals surface area contributed by atoms with Crippen LogP contribution < -0.4 is 0 Å². The fraction of sp³-hybridized carbons (Fsp3) is 0.286. The third kappa shape index (κ3) is 1.58. The molecule has 2 heteroatoms. The number of furan rings is 1. The molecule has 0 fully saturated rings. The maximum Gasteiger partial charge on any atom is 0.117 e. The molecule has 0 aliphatic rings. The summed E-state index contributed by atoms with van der Waals surface area (Å²) in [6, 6.07) is 1.89. The Morgan fingerprint density at radius 3 is 2.89 bits per heavy atom. The van der Waals surface area contributed by atoms with E-state index in [1.54, 1.807) is 6.26 Å². The van der Waals surface area contributed by atoms with E-state index in [1.165, 1.54) is 0 Å². The SMILES string of the molecule is [CH2]CCc1occc1Br. The molecule has 1 rings (SSSR count). The number of rotatable bonds is 2. The predicted octanol–water partition coefficient (Wildman–Crippen LogP) is 2.81. The molecule has 0 aromatic carbocycles. The first kappa shape index (κ1) is 6.87. The molecule has 9 heavy (non-hydrogen) atoms. The highest BCUT2D eigenvalue weighted by atomic mass is 79.9. The third-order valence-corrected chi connectivity index (χ3v) is 1.80. The van der Waals surface area contributed by atoms with Gasteiger partial charge in [0.1, 0.15) is 5.76 Å². The summed E-state index contributed by atoms with van der Waals surface area (Å²) in [5.74, 6) is 0.991. The lowest BCUT2D eigenvalue weighted by Crippen LogP contribution is -1.77. The van der Waals surface area contributed by atoms with Crippen LogP contribution in [0.25, 0.3) is 0 Å².